The Bertz CT molecular complexity index is 1050. The van der Waals surface area contributed by atoms with E-state index in [2.05, 4.69) is 20.8 Å². The van der Waals surface area contributed by atoms with Gasteiger partial charge in [-0.25, -0.2) is 0 Å². The summed E-state index contributed by atoms with van der Waals surface area (Å²) in [4.78, 5) is 24.6. The van der Waals surface area contributed by atoms with Crippen molar-refractivity contribution >= 4 is 35.0 Å². The van der Waals surface area contributed by atoms with E-state index in [1.165, 1.54) is 11.8 Å². The van der Waals surface area contributed by atoms with Crippen LogP contribution in [0.4, 0.5) is 11.4 Å². The number of rotatable bonds is 9. The number of amides is 2. The Morgan fingerprint density at radius 2 is 1.71 bits per heavy atom. The van der Waals surface area contributed by atoms with Crippen molar-refractivity contribution in [3.05, 3.63) is 54.4 Å². The number of anilines is 2. The average Bonchev–Trinajstić information content (AvgIpc) is 3.12. The molecule has 0 saturated heterocycles. The van der Waals surface area contributed by atoms with Crippen LogP contribution in [-0.2, 0) is 23.1 Å². The summed E-state index contributed by atoms with van der Waals surface area (Å²) in [5, 5.41) is 14.3. The minimum atomic E-state index is -0.217. The molecular formula is C21H23N5O4S. The van der Waals surface area contributed by atoms with E-state index in [1.54, 1.807) is 62.2 Å². The predicted molar refractivity (Wildman–Crippen MR) is 119 cm³/mol. The molecule has 0 radical (unpaired) electrons. The van der Waals surface area contributed by atoms with Crippen LogP contribution in [0, 0.1) is 0 Å². The van der Waals surface area contributed by atoms with E-state index < -0.39 is 0 Å². The summed E-state index contributed by atoms with van der Waals surface area (Å²) in [5.74, 6) is 1.52. The Morgan fingerprint density at radius 1 is 0.968 bits per heavy atom. The number of para-hydroxylation sites is 2. The van der Waals surface area contributed by atoms with Gasteiger partial charge in [0.05, 0.1) is 32.1 Å². The maximum Gasteiger partial charge on any atom is 0.234 e. The van der Waals surface area contributed by atoms with Crippen LogP contribution in [0.15, 0.2) is 53.7 Å². The van der Waals surface area contributed by atoms with Gasteiger partial charge >= 0.3 is 0 Å². The molecule has 0 bridgehead atoms. The molecule has 31 heavy (non-hydrogen) atoms. The van der Waals surface area contributed by atoms with Crippen molar-refractivity contribution < 1.29 is 19.1 Å². The number of thioether (sulfide) groups is 1. The number of nitrogens with one attached hydrogen (secondary N) is 2. The lowest BCUT2D eigenvalue weighted by atomic mass is 10.3. The molecule has 1 heterocycles. The zero-order chi connectivity index (χ0) is 22.2. The molecule has 2 N–H and O–H groups in total. The highest BCUT2D eigenvalue weighted by Gasteiger charge is 2.15. The first-order chi connectivity index (χ1) is 15.0. The molecule has 1 aromatic heterocycles. The van der Waals surface area contributed by atoms with E-state index in [1.807, 2.05) is 12.1 Å². The lowest BCUT2D eigenvalue weighted by molar-refractivity contribution is -0.116. The molecule has 0 aliphatic heterocycles. The largest absolute Gasteiger partial charge is 0.497 e. The first-order valence-electron chi connectivity index (χ1n) is 9.38. The Morgan fingerprint density at radius 3 is 2.42 bits per heavy atom. The average molecular weight is 442 g/mol. The predicted octanol–water partition coefficient (Wildman–Crippen LogP) is 2.74. The van der Waals surface area contributed by atoms with Gasteiger partial charge in [-0.1, -0.05) is 23.9 Å². The van der Waals surface area contributed by atoms with E-state index in [-0.39, 0.29) is 24.0 Å². The number of aromatic nitrogens is 3. The molecule has 0 spiro atoms. The number of ether oxygens (including phenoxy) is 2. The molecular weight excluding hydrogens is 418 g/mol. The summed E-state index contributed by atoms with van der Waals surface area (Å²) in [6.07, 6.45) is 0.0590. The Kier molecular flexibility index (Phi) is 7.50. The molecule has 162 valence electrons. The van der Waals surface area contributed by atoms with Gasteiger partial charge in [0, 0.05) is 12.7 Å². The fourth-order valence-electron chi connectivity index (χ4n) is 2.71. The third-order valence-electron chi connectivity index (χ3n) is 4.33. The number of carbonyl (C=O) groups excluding carboxylic acids is 2. The van der Waals surface area contributed by atoms with Gasteiger partial charge in [0.2, 0.25) is 11.8 Å². The van der Waals surface area contributed by atoms with E-state index in [9.17, 15) is 9.59 Å². The maximum absolute atomic E-state index is 12.3. The zero-order valence-corrected chi connectivity index (χ0v) is 18.2. The first kappa shape index (κ1) is 22.2. The topological polar surface area (TPSA) is 107 Å². The molecule has 2 amide bonds. The van der Waals surface area contributed by atoms with Crippen molar-refractivity contribution in [3.8, 4) is 11.5 Å². The number of hydrogen-bond donors (Lipinski definition) is 2. The Labute approximate surface area is 184 Å². The minimum Gasteiger partial charge on any atom is -0.497 e. The standard InChI is InChI=1S/C21H23N5O4S/c1-26-18(12-19(27)22-14-8-10-15(29-2)11-9-14)24-25-21(26)31-13-20(28)23-16-6-4-5-7-17(16)30-3/h4-11H,12-13H2,1-3H3,(H,22,27)(H,23,28). The smallest absolute Gasteiger partial charge is 0.234 e. The molecule has 3 rings (SSSR count). The summed E-state index contributed by atoms with van der Waals surface area (Å²) in [7, 11) is 4.89. The van der Waals surface area contributed by atoms with Crippen molar-refractivity contribution in [1.82, 2.24) is 14.8 Å². The van der Waals surface area contributed by atoms with Crippen LogP contribution in [0.1, 0.15) is 5.82 Å². The molecule has 0 fully saturated rings. The highest BCUT2D eigenvalue weighted by atomic mass is 32.2. The van der Waals surface area contributed by atoms with Crippen molar-refractivity contribution in [2.45, 2.75) is 11.6 Å². The maximum atomic E-state index is 12.3. The van der Waals surface area contributed by atoms with Crippen LogP contribution in [0.5, 0.6) is 11.5 Å². The second-order valence-corrected chi connectivity index (χ2v) is 7.39. The van der Waals surface area contributed by atoms with Gasteiger partial charge in [0.15, 0.2) is 5.16 Å². The third-order valence-corrected chi connectivity index (χ3v) is 5.35. The molecule has 3 aromatic rings. The molecule has 0 aliphatic rings. The van der Waals surface area contributed by atoms with Gasteiger partial charge in [0.1, 0.15) is 17.3 Å². The van der Waals surface area contributed by atoms with Gasteiger partial charge in [0.25, 0.3) is 0 Å². The summed E-state index contributed by atoms with van der Waals surface area (Å²) < 4.78 is 12.0. The van der Waals surface area contributed by atoms with Crippen LogP contribution in [0.25, 0.3) is 0 Å². The van der Waals surface area contributed by atoms with Gasteiger partial charge in [-0.15, -0.1) is 10.2 Å². The van der Waals surface area contributed by atoms with Gasteiger partial charge in [-0.2, -0.15) is 0 Å². The van der Waals surface area contributed by atoms with Crippen LogP contribution in [0.2, 0.25) is 0 Å². The number of hydrogen-bond acceptors (Lipinski definition) is 7. The van der Waals surface area contributed by atoms with Crippen molar-refractivity contribution in [1.29, 1.82) is 0 Å². The van der Waals surface area contributed by atoms with Crippen molar-refractivity contribution in [2.75, 3.05) is 30.6 Å². The number of benzene rings is 2. The number of nitrogens with zero attached hydrogens (tertiary/aromatic N) is 3. The van der Waals surface area contributed by atoms with Crippen LogP contribution < -0.4 is 20.1 Å². The Hall–Kier alpha value is -3.53. The van der Waals surface area contributed by atoms with Gasteiger partial charge < -0.3 is 24.7 Å². The molecule has 0 aliphatic carbocycles. The van der Waals surface area contributed by atoms with Crippen LogP contribution >= 0.6 is 11.8 Å². The SMILES string of the molecule is COc1ccc(NC(=O)Cc2nnc(SCC(=O)Nc3ccccc3OC)n2C)cc1. The first-order valence-corrected chi connectivity index (χ1v) is 10.4. The lowest BCUT2D eigenvalue weighted by Crippen LogP contribution is -2.17. The fraction of sp³-hybridized carbons (Fsp3) is 0.238. The van der Waals surface area contributed by atoms with Gasteiger partial charge in [-0.05, 0) is 36.4 Å². The highest BCUT2D eigenvalue weighted by molar-refractivity contribution is 7.99. The molecule has 0 saturated carbocycles. The second kappa shape index (κ2) is 10.5. The lowest BCUT2D eigenvalue weighted by Gasteiger charge is -2.09. The normalized spacial score (nSPS) is 10.4. The minimum absolute atomic E-state index is 0.0590. The second-order valence-electron chi connectivity index (χ2n) is 6.45. The highest BCUT2D eigenvalue weighted by Crippen LogP contribution is 2.24. The van der Waals surface area contributed by atoms with E-state index >= 15 is 0 Å². The summed E-state index contributed by atoms with van der Waals surface area (Å²) in [6.45, 7) is 0. The van der Waals surface area contributed by atoms with Crippen molar-refractivity contribution in [2.24, 2.45) is 7.05 Å². The third kappa shape index (κ3) is 5.98. The zero-order valence-electron chi connectivity index (χ0n) is 17.4. The fourth-order valence-corrected chi connectivity index (χ4v) is 3.44. The summed E-state index contributed by atoms with van der Waals surface area (Å²) >= 11 is 1.23. The summed E-state index contributed by atoms with van der Waals surface area (Å²) in [6, 6.07) is 14.2. The van der Waals surface area contributed by atoms with Crippen LogP contribution in [-0.4, -0.2) is 46.6 Å². The molecule has 10 heteroatoms. The van der Waals surface area contributed by atoms with Crippen LogP contribution in [0.3, 0.4) is 0 Å². The molecule has 2 aromatic carbocycles. The monoisotopic (exact) mass is 441 g/mol. The molecule has 9 nitrogen and oxygen atoms in total. The summed E-state index contributed by atoms with van der Waals surface area (Å²) in [5.41, 5.74) is 1.26. The van der Waals surface area contributed by atoms with E-state index in [0.717, 1.165) is 0 Å². The quantitative estimate of drug-likeness (QED) is 0.492. The Balaban J connectivity index is 1.53. The van der Waals surface area contributed by atoms with E-state index in [4.69, 9.17) is 9.47 Å². The molecule has 0 atom stereocenters. The molecule has 0 unspecified atom stereocenters. The van der Waals surface area contributed by atoms with Crippen molar-refractivity contribution in [3.63, 3.8) is 0 Å². The van der Waals surface area contributed by atoms with Gasteiger partial charge in [-0.3, -0.25) is 9.59 Å². The van der Waals surface area contributed by atoms with E-state index in [0.29, 0.717) is 33.9 Å². The number of carbonyl (C=O) groups is 2. The number of methoxy groups -OCH3 is 2.